The number of benzene rings is 1. The monoisotopic (exact) mass is 256 g/mol. The van der Waals surface area contributed by atoms with Crippen molar-refractivity contribution >= 4 is 5.97 Å². The van der Waals surface area contributed by atoms with Crippen molar-refractivity contribution in [3.63, 3.8) is 0 Å². The van der Waals surface area contributed by atoms with Crippen LogP contribution < -0.4 is 4.74 Å². The predicted molar refractivity (Wildman–Crippen MR) is 64.3 cm³/mol. The van der Waals surface area contributed by atoms with Crippen LogP contribution in [0.2, 0.25) is 0 Å². The molecule has 0 N–H and O–H groups in total. The van der Waals surface area contributed by atoms with E-state index in [4.69, 9.17) is 14.2 Å². The van der Waals surface area contributed by atoms with E-state index in [-0.39, 0.29) is 18.3 Å². The molecule has 0 aliphatic carbocycles. The van der Waals surface area contributed by atoms with E-state index in [1.807, 2.05) is 6.92 Å². The van der Waals surface area contributed by atoms with Crippen LogP contribution in [0.1, 0.15) is 23.7 Å². The third kappa shape index (κ3) is 4.00. The Kier molecular flexibility index (Phi) is 5.58. The second-order valence-corrected chi connectivity index (χ2v) is 3.82. The highest BCUT2D eigenvalue weighted by molar-refractivity contribution is 5.92. The first-order chi connectivity index (χ1) is 8.58. The van der Waals surface area contributed by atoms with E-state index in [1.54, 1.807) is 7.11 Å². The first-order valence-corrected chi connectivity index (χ1v) is 5.62. The average Bonchev–Trinajstić information content (AvgIpc) is 2.38. The quantitative estimate of drug-likeness (QED) is 0.733. The van der Waals surface area contributed by atoms with Gasteiger partial charge in [0.2, 0.25) is 0 Å². The molecule has 100 valence electrons. The molecule has 1 aromatic rings. The van der Waals surface area contributed by atoms with Crippen LogP contribution in [-0.4, -0.2) is 32.9 Å². The summed E-state index contributed by atoms with van der Waals surface area (Å²) in [5.74, 6) is -0.816. The van der Waals surface area contributed by atoms with Crippen molar-refractivity contribution in [2.45, 2.75) is 19.4 Å². The summed E-state index contributed by atoms with van der Waals surface area (Å²) in [5, 5.41) is 0. The Morgan fingerprint density at radius 3 is 2.72 bits per heavy atom. The Balaban J connectivity index is 2.63. The van der Waals surface area contributed by atoms with E-state index in [2.05, 4.69) is 0 Å². The van der Waals surface area contributed by atoms with E-state index in [9.17, 15) is 9.18 Å². The molecule has 1 rings (SSSR count). The normalized spacial score (nSPS) is 12.0. The summed E-state index contributed by atoms with van der Waals surface area (Å²) >= 11 is 0. The molecule has 18 heavy (non-hydrogen) atoms. The maximum Gasteiger partial charge on any atom is 0.342 e. The highest BCUT2D eigenvalue weighted by atomic mass is 19.1. The van der Waals surface area contributed by atoms with Crippen molar-refractivity contribution in [1.82, 2.24) is 0 Å². The van der Waals surface area contributed by atoms with Gasteiger partial charge in [0.25, 0.3) is 0 Å². The molecule has 0 saturated heterocycles. The fourth-order valence-electron chi connectivity index (χ4n) is 1.35. The molecule has 0 aliphatic rings. The fourth-order valence-corrected chi connectivity index (χ4v) is 1.35. The number of hydrogen-bond acceptors (Lipinski definition) is 4. The van der Waals surface area contributed by atoms with Gasteiger partial charge in [-0.2, -0.15) is 0 Å². The van der Waals surface area contributed by atoms with E-state index < -0.39 is 11.8 Å². The molecule has 0 amide bonds. The van der Waals surface area contributed by atoms with Crippen LogP contribution in [0.15, 0.2) is 18.2 Å². The van der Waals surface area contributed by atoms with Crippen LogP contribution >= 0.6 is 0 Å². The van der Waals surface area contributed by atoms with Gasteiger partial charge in [-0.05, 0) is 25.1 Å². The van der Waals surface area contributed by atoms with E-state index in [0.717, 1.165) is 6.07 Å². The second-order valence-electron chi connectivity index (χ2n) is 3.82. The average molecular weight is 256 g/mol. The third-order valence-corrected chi connectivity index (χ3v) is 2.54. The summed E-state index contributed by atoms with van der Waals surface area (Å²) in [6.07, 6.45) is 0.590. The lowest BCUT2D eigenvalue weighted by Gasteiger charge is -2.11. The highest BCUT2D eigenvalue weighted by Gasteiger charge is 2.15. The molecule has 0 heterocycles. The molecular formula is C13H17FO4. The molecule has 1 aromatic carbocycles. The lowest BCUT2D eigenvalue weighted by molar-refractivity contribution is 0.0387. The van der Waals surface area contributed by atoms with E-state index in [1.165, 1.54) is 19.2 Å². The molecule has 1 unspecified atom stereocenters. The van der Waals surface area contributed by atoms with Gasteiger partial charge < -0.3 is 14.2 Å². The minimum Gasteiger partial charge on any atom is -0.496 e. The van der Waals surface area contributed by atoms with Crippen molar-refractivity contribution in [1.29, 1.82) is 0 Å². The van der Waals surface area contributed by atoms with Crippen molar-refractivity contribution < 1.29 is 23.4 Å². The maximum absolute atomic E-state index is 13.1. The van der Waals surface area contributed by atoms with Crippen LogP contribution in [0, 0.1) is 5.82 Å². The number of carbonyl (C=O) groups is 1. The zero-order valence-electron chi connectivity index (χ0n) is 10.7. The maximum atomic E-state index is 13.1. The molecule has 0 fully saturated rings. The first kappa shape index (κ1) is 14.4. The molecule has 4 nitrogen and oxygen atoms in total. The molecule has 1 atom stereocenters. The molecule has 0 aliphatic heterocycles. The zero-order chi connectivity index (χ0) is 13.5. The molecule has 0 spiro atoms. The standard InChI is InChI=1S/C13H17FO4/c1-9(16-2)6-7-18-13(15)11-8-10(14)4-5-12(11)17-3/h4-5,8-9H,6-7H2,1-3H3. The van der Waals surface area contributed by atoms with Crippen molar-refractivity contribution in [2.75, 3.05) is 20.8 Å². The summed E-state index contributed by atoms with van der Waals surface area (Å²) in [4.78, 5) is 11.7. The van der Waals surface area contributed by atoms with Crippen LogP contribution in [0.4, 0.5) is 4.39 Å². The number of ether oxygens (including phenoxy) is 3. The highest BCUT2D eigenvalue weighted by Crippen LogP contribution is 2.20. The van der Waals surface area contributed by atoms with E-state index in [0.29, 0.717) is 12.2 Å². The SMILES string of the molecule is COc1ccc(F)cc1C(=O)OCCC(C)OC. The minimum absolute atomic E-state index is 0.00667. The Labute approximate surface area is 106 Å². The van der Waals surface area contributed by atoms with Gasteiger partial charge >= 0.3 is 5.97 Å². The van der Waals surface area contributed by atoms with E-state index >= 15 is 0 Å². The number of halogens is 1. The Morgan fingerprint density at radius 1 is 1.39 bits per heavy atom. The summed E-state index contributed by atoms with van der Waals surface area (Å²) in [5.41, 5.74) is 0.0857. The van der Waals surface area contributed by atoms with Gasteiger partial charge in [-0.3, -0.25) is 0 Å². The summed E-state index contributed by atoms with van der Waals surface area (Å²) in [7, 11) is 3.00. The fraction of sp³-hybridized carbons (Fsp3) is 0.462. The van der Waals surface area contributed by atoms with Gasteiger partial charge in [0, 0.05) is 13.5 Å². The van der Waals surface area contributed by atoms with Crippen molar-refractivity contribution in [3.05, 3.63) is 29.6 Å². The Morgan fingerprint density at radius 2 is 2.11 bits per heavy atom. The second kappa shape index (κ2) is 6.96. The molecule has 0 radical (unpaired) electrons. The predicted octanol–water partition coefficient (Wildman–Crippen LogP) is 2.42. The van der Waals surface area contributed by atoms with Gasteiger partial charge in [0.1, 0.15) is 17.1 Å². The van der Waals surface area contributed by atoms with Crippen molar-refractivity contribution in [3.8, 4) is 5.75 Å². The topological polar surface area (TPSA) is 44.8 Å². The van der Waals surface area contributed by atoms with Crippen LogP contribution in [-0.2, 0) is 9.47 Å². The number of esters is 1. The number of rotatable bonds is 6. The molecular weight excluding hydrogens is 239 g/mol. The summed E-state index contributed by atoms with van der Waals surface area (Å²) in [6, 6.07) is 3.72. The van der Waals surface area contributed by atoms with Gasteiger partial charge in [-0.15, -0.1) is 0 Å². The van der Waals surface area contributed by atoms with Crippen LogP contribution in [0.3, 0.4) is 0 Å². The summed E-state index contributed by atoms with van der Waals surface area (Å²) < 4.78 is 28.1. The zero-order valence-corrected chi connectivity index (χ0v) is 10.7. The number of methoxy groups -OCH3 is 2. The largest absolute Gasteiger partial charge is 0.496 e. The van der Waals surface area contributed by atoms with Gasteiger partial charge in [-0.1, -0.05) is 0 Å². The van der Waals surface area contributed by atoms with Crippen LogP contribution in [0.25, 0.3) is 0 Å². The molecule has 0 saturated carbocycles. The molecule has 5 heteroatoms. The minimum atomic E-state index is -0.602. The Hall–Kier alpha value is -1.62. The van der Waals surface area contributed by atoms with Crippen LogP contribution in [0.5, 0.6) is 5.75 Å². The lowest BCUT2D eigenvalue weighted by Crippen LogP contribution is -2.13. The number of hydrogen-bond donors (Lipinski definition) is 0. The third-order valence-electron chi connectivity index (χ3n) is 2.54. The first-order valence-electron chi connectivity index (χ1n) is 5.62. The van der Waals surface area contributed by atoms with Gasteiger partial charge in [-0.25, -0.2) is 9.18 Å². The number of carbonyl (C=O) groups excluding carboxylic acids is 1. The molecule has 0 bridgehead atoms. The Bertz CT molecular complexity index is 406. The summed E-state index contributed by atoms with van der Waals surface area (Å²) in [6.45, 7) is 2.09. The van der Waals surface area contributed by atoms with Gasteiger partial charge in [0.05, 0.1) is 19.8 Å². The van der Waals surface area contributed by atoms with Gasteiger partial charge in [0.15, 0.2) is 0 Å². The van der Waals surface area contributed by atoms with Crippen molar-refractivity contribution in [2.24, 2.45) is 0 Å². The molecule has 0 aromatic heterocycles. The smallest absolute Gasteiger partial charge is 0.342 e. The lowest BCUT2D eigenvalue weighted by atomic mass is 10.2.